The predicted molar refractivity (Wildman–Crippen MR) is 93.3 cm³/mol. The molecule has 0 unspecified atom stereocenters. The van der Waals surface area contributed by atoms with Crippen molar-refractivity contribution in [3.05, 3.63) is 65.0 Å². The van der Waals surface area contributed by atoms with E-state index in [1.54, 1.807) is 16.9 Å². The number of carbonyl (C=O) groups is 1. The average Bonchev–Trinajstić information content (AvgIpc) is 3.30. The number of nitrogens with one attached hydrogen (secondary N) is 1. The number of nitrogens with zero attached hydrogens (tertiary/aromatic N) is 4. The van der Waals surface area contributed by atoms with Gasteiger partial charge in [0.15, 0.2) is 6.73 Å². The first-order chi connectivity index (χ1) is 12.5. The standard InChI is InChI=1S/C17H17ClFN5O2/c1-2-23-7-5-12(21-23)10-20-17(25)16-6-8-24(22-16)11-26-13-3-4-15(19)14(18)9-13/h3-9H,2,10-11H2,1H3,(H,20,25). The molecule has 0 saturated carbocycles. The molecule has 136 valence electrons. The summed E-state index contributed by atoms with van der Waals surface area (Å²) in [6, 6.07) is 7.50. The van der Waals surface area contributed by atoms with E-state index in [2.05, 4.69) is 15.5 Å². The lowest BCUT2D eigenvalue weighted by Gasteiger charge is -2.06. The lowest BCUT2D eigenvalue weighted by Crippen LogP contribution is -2.24. The van der Waals surface area contributed by atoms with Crippen LogP contribution in [0.15, 0.2) is 42.7 Å². The molecular weight excluding hydrogens is 361 g/mol. The Morgan fingerprint density at radius 1 is 1.23 bits per heavy atom. The third-order valence-corrected chi connectivity index (χ3v) is 3.87. The van der Waals surface area contributed by atoms with E-state index in [0.717, 1.165) is 12.2 Å². The molecule has 0 fully saturated rings. The average molecular weight is 378 g/mol. The van der Waals surface area contributed by atoms with Gasteiger partial charge in [-0.2, -0.15) is 10.2 Å². The third-order valence-electron chi connectivity index (χ3n) is 3.58. The van der Waals surface area contributed by atoms with E-state index in [9.17, 15) is 9.18 Å². The van der Waals surface area contributed by atoms with Gasteiger partial charge in [0.05, 0.1) is 17.3 Å². The molecule has 0 spiro atoms. The number of aryl methyl sites for hydroxylation is 1. The van der Waals surface area contributed by atoms with Crippen molar-refractivity contribution in [2.75, 3.05) is 0 Å². The number of ether oxygens (including phenoxy) is 1. The molecule has 1 N–H and O–H groups in total. The zero-order chi connectivity index (χ0) is 18.5. The zero-order valence-electron chi connectivity index (χ0n) is 14.0. The van der Waals surface area contributed by atoms with Crippen LogP contribution in [0.3, 0.4) is 0 Å². The summed E-state index contributed by atoms with van der Waals surface area (Å²) in [5.41, 5.74) is 1.04. The van der Waals surface area contributed by atoms with Crippen LogP contribution in [0.2, 0.25) is 5.02 Å². The number of hydrogen-bond acceptors (Lipinski definition) is 4. The molecule has 2 heterocycles. The number of halogens is 2. The minimum atomic E-state index is -0.513. The number of amides is 1. The van der Waals surface area contributed by atoms with E-state index in [4.69, 9.17) is 16.3 Å². The van der Waals surface area contributed by atoms with Crippen LogP contribution in [-0.4, -0.2) is 25.5 Å². The highest BCUT2D eigenvalue weighted by Gasteiger charge is 2.10. The summed E-state index contributed by atoms with van der Waals surface area (Å²) in [4.78, 5) is 12.1. The van der Waals surface area contributed by atoms with Crippen LogP contribution < -0.4 is 10.1 Å². The molecule has 2 aromatic heterocycles. The Hall–Kier alpha value is -2.87. The van der Waals surface area contributed by atoms with E-state index in [1.165, 1.54) is 22.9 Å². The highest BCUT2D eigenvalue weighted by Crippen LogP contribution is 2.21. The van der Waals surface area contributed by atoms with Gasteiger partial charge in [-0.25, -0.2) is 9.07 Å². The van der Waals surface area contributed by atoms with E-state index in [1.807, 2.05) is 19.2 Å². The predicted octanol–water partition coefficient (Wildman–Crippen LogP) is 2.86. The zero-order valence-corrected chi connectivity index (χ0v) is 14.8. The smallest absolute Gasteiger partial charge is 0.272 e. The van der Waals surface area contributed by atoms with Gasteiger partial charge in [0, 0.05) is 25.0 Å². The normalized spacial score (nSPS) is 10.7. The number of carbonyl (C=O) groups excluding carboxylic acids is 1. The molecule has 9 heteroatoms. The van der Waals surface area contributed by atoms with Gasteiger partial charge in [-0.15, -0.1) is 0 Å². The Bertz CT molecular complexity index is 908. The van der Waals surface area contributed by atoms with Crippen LogP contribution in [-0.2, 0) is 19.8 Å². The first-order valence-electron chi connectivity index (χ1n) is 7.97. The second-order valence-electron chi connectivity index (χ2n) is 5.44. The molecule has 3 rings (SSSR count). The van der Waals surface area contributed by atoms with Crippen molar-refractivity contribution in [1.82, 2.24) is 24.9 Å². The van der Waals surface area contributed by atoms with Crippen LogP contribution in [0, 0.1) is 5.82 Å². The van der Waals surface area contributed by atoms with Gasteiger partial charge in [-0.1, -0.05) is 11.6 Å². The monoisotopic (exact) mass is 377 g/mol. The summed E-state index contributed by atoms with van der Waals surface area (Å²) in [6.45, 7) is 3.15. The quantitative estimate of drug-likeness (QED) is 0.687. The van der Waals surface area contributed by atoms with Crippen LogP contribution in [0.1, 0.15) is 23.1 Å². The van der Waals surface area contributed by atoms with Crippen molar-refractivity contribution < 1.29 is 13.9 Å². The molecule has 7 nitrogen and oxygen atoms in total. The topological polar surface area (TPSA) is 74.0 Å². The highest BCUT2D eigenvalue weighted by molar-refractivity contribution is 6.30. The van der Waals surface area contributed by atoms with Gasteiger partial charge in [0.2, 0.25) is 0 Å². The summed E-state index contributed by atoms with van der Waals surface area (Å²) in [7, 11) is 0. The van der Waals surface area contributed by atoms with Gasteiger partial charge in [0.1, 0.15) is 17.3 Å². The van der Waals surface area contributed by atoms with Gasteiger partial charge < -0.3 is 10.1 Å². The van der Waals surface area contributed by atoms with E-state index in [0.29, 0.717) is 12.3 Å². The Morgan fingerprint density at radius 2 is 2.04 bits per heavy atom. The first kappa shape index (κ1) is 17.9. The molecule has 0 saturated heterocycles. The van der Waals surface area contributed by atoms with E-state index >= 15 is 0 Å². The molecule has 0 radical (unpaired) electrons. The molecule has 0 atom stereocenters. The Balaban J connectivity index is 1.53. The Kier molecular flexibility index (Phi) is 5.52. The fourth-order valence-corrected chi connectivity index (χ4v) is 2.37. The van der Waals surface area contributed by atoms with Crippen molar-refractivity contribution in [2.24, 2.45) is 0 Å². The van der Waals surface area contributed by atoms with Crippen LogP contribution >= 0.6 is 11.6 Å². The molecule has 0 aliphatic carbocycles. The van der Waals surface area contributed by atoms with Gasteiger partial charge >= 0.3 is 0 Å². The van der Waals surface area contributed by atoms with Crippen molar-refractivity contribution in [1.29, 1.82) is 0 Å². The summed E-state index contributed by atoms with van der Waals surface area (Å²) < 4.78 is 21.8. The molecule has 3 aromatic rings. The maximum Gasteiger partial charge on any atom is 0.272 e. The molecule has 1 aromatic carbocycles. The number of rotatable bonds is 7. The van der Waals surface area contributed by atoms with Crippen LogP contribution in [0.5, 0.6) is 5.75 Å². The lowest BCUT2D eigenvalue weighted by atomic mass is 10.3. The van der Waals surface area contributed by atoms with Crippen molar-refractivity contribution in [3.8, 4) is 5.75 Å². The second kappa shape index (κ2) is 8.01. The third kappa shape index (κ3) is 4.40. The number of hydrogen-bond donors (Lipinski definition) is 1. The fraction of sp³-hybridized carbons (Fsp3) is 0.235. The Morgan fingerprint density at radius 3 is 2.77 bits per heavy atom. The summed E-state index contributed by atoms with van der Waals surface area (Å²) in [5.74, 6) is -0.412. The summed E-state index contributed by atoms with van der Waals surface area (Å²) >= 11 is 5.70. The first-order valence-corrected chi connectivity index (χ1v) is 8.35. The van der Waals surface area contributed by atoms with E-state index in [-0.39, 0.29) is 23.4 Å². The molecule has 26 heavy (non-hydrogen) atoms. The van der Waals surface area contributed by atoms with Crippen molar-refractivity contribution in [3.63, 3.8) is 0 Å². The maximum atomic E-state index is 13.1. The van der Waals surface area contributed by atoms with Gasteiger partial charge in [-0.3, -0.25) is 9.48 Å². The van der Waals surface area contributed by atoms with Crippen molar-refractivity contribution >= 4 is 17.5 Å². The minimum absolute atomic E-state index is 0.0199. The highest BCUT2D eigenvalue weighted by atomic mass is 35.5. The molecule has 0 aliphatic heterocycles. The van der Waals surface area contributed by atoms with Crippen LogP contribution in [0.4, 0.5) is 4.39 Å². The lowest BCUT2D eigenvalue weighted by molar-refractivity contribution is 0.0943. The minimum Gasteiger partial charge on any atom is -0.471 e. The molecular formula is C17H17ClFN5O2. The maximum absolute atomic E-state index is 13.1. The Labute approximate surface area is 154 Å². The number of benzene rings is 1. The van der Waals surface area contributed by atoms with Crippen molar-refractivity contribution in [2.45, 2.75) is 26.7 Å². The fourth-order valence-electron chi connectivity index (χ4n) is 2.20. The van der Waals surface area contributed by atoms with Crippen LogP contribution in [0.25, 0.3) is 0 Å². The van der Waals surface area contributed by atoms with Gasteiger partial charge in [-0.05, 0) is 31.2 Å². The largest absolute Gasteiger partial charge is 0.471 e. The molecule has 0 bridgehead atoms. The summed E-state index contributed by atoms with van der Waals surface area (Å²) in [5, 5.41) is 11.2. The molecule has 1 amide bonds. The number of aromatic nitrogens is 4. The van der Waals surface area contributed by atoms with Gasteiger partial charge in [0.25, 0.3) is 5.91 Å². The van der Waals surface area contributed by atoms with E-state index < -0.39 is 5.82 Å². The SMILES string of the molecule is CCn1ccc(CNC(=O)c2ccn(COc3ccc(F)c(Cl)c3)n2)n1. The second-order valence-corrected chi connectivity index (χ2v) is 5.84. The molecule has 0 aliphatic rings. The summed E-state index contributed by atoms with van der Waals surface area (Å²) in [6.07, 6.45) is 3.47.